The molecule has 1 saturated heterocycles. The molecular formula is C17H24N2O4. The van der Waals surface area contributed by atoms with E-state index in [4.69, 9.17) is 9.47 Å². The number of carbonyl (C=O) groups is 2. The molecule has 1 atom stereocenters. The summed E-state index contributed by atoms with van der Waals surface area (Å²) < 4.78 is 10.9. The molecule has 1 aliphatic heterocycles. The Labute approximate surface area is 136 Å². The maximum Gasteiger partial charge on any atom is 0.258 e. The molecule has 0 aromatic heterocycles. The number of carbonyl (C=O) groups excluding carboxylic acids is 2. The molecule has 0 saturated carbocycles. The summed E-state index contributed by atoms with van der Waals surface area (Å²) in [5.41, 5.74) is 0.654. The number of nitrogens with one attached hydrogen (secondary N) is 2. The minimum Gasteiger partial charge on any atom is -0.484 e. The molecular weight excluding hydrogens is 296 g/mol. The zero-order valence-corrected chi connectivity index (χ0v) is 13.6. The lowest BCUT2D eigenvalue weighted by atomic mass is 10.2. The van der Waals surface area contributed by atoms with Gasteiger partial charge >= 0.3 is 0 Å². The fourth-order valence-corrected chi connectivity index (χ4v) is 2.18. The van der Waals surface area contributed by atoms with Gasteiger partial charge < -0.3 is 20.1 Å². The summed E-state index contributed by atoms with van der Waals surface area (Å²) in [5.74, 6) is 0.204. The van der Waals surface area contributed by atoms with Gasteiger partial charge in [0, 0.05) is 30.8 Å². The fraction of sp³-hybridized carbons (Fsp3) is 0.529. The first-order valence-corrected chi connectivity index (χ1v) is 7.96. The van der Waals surface area contributed by atoms with E-state index in [2.05, 4.69) is 10.6 Å². The van der Waals surface area contributed by atoms with Gasteiger partial charge in [0.1, 0.15) is 5.75 Å². The van der Waals surface area contributed by atoms with E-state index in [1.54, 1.807) is 24.3 Å². The Balaban J connectivity index is 1.76. The number of anilines is 1. The van der Waals surface area contributed by atoms with E-state index in [9.17, 15) is 9.59 Å². The van der Waals surface area contributed by atoms with Gasteiger partial charge in [-0.3, -0.25) is 9.59 Å². The first-order chi connectivity index (χ1) is 11.0. The predicted molar refractivity (Wildman–Crippen MR) is 87.4 cm³/mol. The molecule has 1 aliphatic rings. The standard InChI is InChI=1S/C17H24N2O4/c1-12(2)17(21)19-13-5-3-6-14(9-13)23-11-16(20)18-10-15-7-4-8-22-15/h3,5-6,9,12,15H,4,7-8,10-11H2,1-2H3,(H,18,20)(H,19,21). The molecule has 126 valence electrons. The van der Waals surface area contributed by atoms with Gasteiger partial charge in [-0.1, -0.05) is 19.9 Å². The topological polar surface area (TPSA) is 76.7 Å². The lowest BCUT2D eigenvalue weighted by Gasteiger charge is -2.12. The number of rotatable bonds is 7. The van der Waals surface area contributed by atoms with Crippen LogP contribution in [0.5, 0.6) is 5.75 Å². The molecule has 1 unspecified atom stereocenters. The fourth-order valence-electron chi connectivity index (χ4n) is 2.18. The molecule has 0 spiro atoms. The number of ether oxygens (including phenoxy) is 2. The molecule has 1 aromatic carbocycles. The molecule has 2 N–H and O–H groups in total. The second kappa shape index (κ2) is 8.53. The van der Waals surface area contributed by atoms with Gasteiger partial charge in [-0.05, 0) is 25.0 Å². The molecule has 2 rings (SSSR count). The monoisotopic (exact) mass is 320 g/mol. The second-order valence-electron chi connectivity index (χ2n) is 5.90. The van der Waals surface area contributed by atoms with Crippen LogP contribution in [-0.2, 0) is 14.3 Å². The predicted octanol–water partition coefficient (Wildman–Crippen LogP) is 1.96. The Morgan fingerprint density at radius 3 is 2.91 bits per heavy atom. The van der Waals surface area contributed by atoms with E-state index in [1.807, 2.05) is 13.8 Å². The van der Waals surface area contributed by atoms with E-state index >= 15 is 0 Å². The molecule has 1 fully saturated rings. The largest absolute Gasteiger partial charge is 0.484 e. The van der Waals surface area contributed by atoms with Gasteiger partial charge in [-0.25, -0.2) is 0 Å². The summed E-state index contributed by atoms with van der Waals surface area (Å²) in [6.07, 6.45) is 2.15. The highest BCUT2D eigenvalue weighted by molar-refractivity contribution is 5.92. The summed E-state index contributed by atoms with van der Waals surface area (Å²) in [4.78, 5) is 23.4. The van der Waals surface area contributed by atoms with Crippen LogP contribution in [0.4, 0.5) is 5.69 Å². The van der Waals surface area contributed by atoms with Crippen molar-refractivity contribution in [1.82, 2.24) is 5.32 Å². The Hall–Kier alpha value is -2.08. The molecule has 1 aromatic rings. The third-order valence-corrected chi connectivity index (χ3v) is 3.55. The molecule has 2 amide bonds. The highest BCUT2D eigenvalue weighted by atomic mass is 16.5. The quantitative estimate of drug-likeness (QED) is 0.805. The van der Waals surface area contributed by atoms with Crippen molar-refractivity contribution in [2.45, 2.75) is 32.8 Å². The molecule has 0 aliphatic carbocycles. The summed E-state index contributed by atoms with van der Waals surface area (Å²) in [6, 6.07) is 7.01. The lowest BCUT2D eigenvalue weighted by molar-refractivity contribution is -0.123. The van der Waals surface area contributed by atoms with Crippen LogP contribution in [0.25, 0.3) is 0 Å². The highest BCUT2D eigenvalue weighted by Crippen LogP contribution is 2.18. The molecule has 23 heavy (non-hydrogen) atoms. The second-order valence-corrected chi connectivity index (χ2v) is 5.90. The zero-order chi connectivity index (χ0) is 16.7. The van der Waals surface area contributed by atoms with E-state index in [0.717, 1.165) is 19.4 Å². The summed E-state index contributed by atoms with van der Waals surface area (Å²) in [6.45, 7) is 4.88. The smallest absolute Gasteiger partial charge is 0.258 e. The van der Waals surface area contributed by atoms with Gasteiger partial charge in [0.2, 0.25) is 5.91 Å². The maximum atomic E-state index is 11.8. The van der Waals surface area contributed by atoms with E-state index in [1.165, 1.54) is 0 Å². The summed E-state index contributed by atoms with van der Waals surface area (Å²) in [7, 11) is 0. The summed E-state index contributed by atoms with van der Waals surface area (Å²) in [5, 5.41) is 5.59. The van der Waals surface area contributed by atoms with Crippen molar-refractivity contribution in [3.63, 3.8) is 0 Å². The first kappa shape index (κ1) is 17.3. The van der Waals surface area contributed by atoms with E-state index in [-0.39, 0.29) is 30.4 Å². The third kappa shape index (κ3) is 5.90. The van der Waals surface area contributed by atoms with Crippen LogP contribution in [0.3, 0.4) is 0 Å². The maximum absolute atomic E-state index is 11.8. The molecule has 6 nitrogen and oxygen atoms in total. The average Bonchev–Trinajstić information content (AvgIpc) is 3.04. The number of hydrogen-bond donors (Lipinski definition) is 2. The Morgan fingerprint density at radius 1 is 1.39 bits per heavy atom. The Bertz CT molecular complexity index is 539. The van der Waals surface area contributed by atoms with Crippen molar-refractivity contribution < 1.29 is 19.1 Å². The number of amides is 2. The average molecular weight is 320 g/mol. The van der Waals surface area contributed by atoms with Crippen molar-refractivity contribution in [3.8, 4) is 5.75 Å². The summed E-state index contributed by atoms with van der Waals surface area (Å²) >= 11 is 0. The van der Waals surface area contributed by atoms with Gasteiger partial charge in [0.15, 0.2) is 6.61 Å². The van der Waals surface area contributed by atoms with Crippen molar-refractivity contribution in [2.24, 2.45) is 5.92 Å². The third-order valence-electron chi connectivity index (χ3n) is 3.55. The van der Waals surface area contributed by atoms with Crippen LogP contribution in [0.1, 0.15) is 26.7 Å². The Kier molecular flexibility index (Phi) is 6.40. The van der Waals surface area contributed by atoms with Gasteiger partial charge in [-0.2, -0.15) is 0 Å². The molecule has 1 heterocycles. The van der Waals surface area contributed by atoms with Crippen molar-refractivity contribution in [2.75, 3.05) is 25.1 Å². The van der Waals surface area contributed by atoms with E-state index in [0.29, 0.717) is 18.0 Å². The number of hydrogen-bond acceptors (Lipinski definition) is 4. The minimum absolute atomic E-state index is 0.0588. The van der Waals surface area contributed by atoms with Crippen LogP contribution in [0.15, 0.2) is 24.3 Å². The highest BCUT2D eigenvalue weighted by Gasteiger charge is 2.16. The van der Waals surface area contributed by atoms with Crippen molar-refractivity contribution in [1.29, 1.82) is 0 Å². The molecule has 6 heteroatoms. The Morgan fingerprint density at radius 2 is 2.22 bits per heavy atom. The normalized spacial score (nSPS) is 17.1. The zero-order valence-electron chi connectivity index (χ0n) is 13.6. The lowest BCUT2D eigenvalue weighted by Crippen LogP contribution is -2.35. The van der Waals surface area contributed by atoms with Crippen molar-refractivity contribution >= 4 is 17.5 Å². The molecule has 0 bridgehead atoms. The van der Waals surface area contributed by atoms with E-state index < -0.39 is 0 Å². The first-order valence-electron chi connectivity index (χ1n) is 7.96. The van der Waals surface area contributed by atoms with Gasteiger partial charge in [-0.15, -0.1) is 0 Å². The minimum atomic E-state index is -0.183. The van der Waals surface area contributed by atoms with Gasteiger partial charge in [0.25, 0.3) is 5.91 Å². The SMILES string of the molecule is CC(C)C(=O)Nc1cccc(OCC(=O)NCC2CCCO2)c1. The number of benzene rings is 1. The van der Waals surface area contributed by atoms with Gasteiger partial charge in [0.05, 0.1) is 6.10 Å². The van der Waals surface area contributed by atoms with Crippen LogP contribution in [-0.4, -0.2) is 37.7 Å². The van der Waals surface area contributed by atoms with Crippen LogP contribution < -0.4 is 15.4 Å². The van der Waals surface area contributed by atoms with Crippen molar-refractivity contribution in [3.05, 3.63) is 24.3 Å². The molecule has 0 radical (unpaired) electrons. The van der Waals surface area contributed by atoms with Crippen LogP contribution in [0.2, 0.25) is 0 Å². The van der Waals surface area contributed by atoms with Crippen LogP contribution >= 0.6 is 0 Å². The van der Waals surface area contributed by atoms with Crippen LogP contribution in [0, 0.1) is 5.92 Å².